The fourth-order valence-electron chi connectivity index (χ4n) is 3.08. The molecule has 30 heavy (non-hydrogen) atoms. The Morgan fingerprint density at radius 2 is 1.63 bits per heavy atom. The Labute approximate surface area is 178 Å². The maximum atomic E-state index is 12.8. The van der Waals surface area contributed by atoms with Crippen molar-refractivity contribution < 1.29 is 13.2 Å². The summed E-state index contributed by atoms with van der Waals surface area (Å²) >= 11 is 0. The number of sulfonamides is 1. The van der Waals surface area contributed by atoms with Crippen LogP contribution in [0.25, 0.3) is 0 Å². The first kappa shape index (κ1) is 21.6. The van der Waals surface area contributed by atoms with Crippen LogP contribution < -0.4 is 9.62 Å². The lowest BCUT2D eigenvalue weighted by atomic mass is 10.1. The minimum Gasteiger partial charge on any atom is -0.352 e. The lowest BCUT2D eigenvalue weighted by Crippen LogP contribution is -2.28. The number of rotatable bonds is 8. The third-order valence-electron chi connectivity index (χ3n) is 4.92. The fourth-order valence-corrected chi connectivity index (χ4v) is 4.29. The maximum absolute atomic E-state index is 12.8. The second-order valence-electron chi connectivity index (χ2n) is 7.18. The predicted molar refractivity (Wildman–Crippen MR) is 120 cm³/mol. The number of nitrogens with zero attached hydrogens (tertiary/aromatic N) is 1. The Kier molecular flexibility index (Phi) is 6.90. The summed E-state index contributed by atoms with van der Waals surface area (Å²) in [5.74, 6) is -0.216. The van der Waals surface area contributed by atoms with Crippen molar-refractivity contribution in [3.8, 4) is 0 Å². The molecule has 6 heteroatoms. The van der Waals surface area contributed by atoms with Gasteiger partial charge >= 0.3 is 0 Å². The second kappa shape index (κ2) is 9.59. The van der Waals surface area contributed by atoms with Crippen LogP contribution in [0.15, 0.2) is 83.8 Å². The van der Waals surface area contributed by atoms with Crippen LogP contribution in [-0.4, -0.2) is 27.9 Å². The normalized spacial score (nSPS) is 11.1. The van der Waals surface area contributed by atoms with Gasteiger partial charge < -0.3 is 5.32 Å². The highest BCUT2D eigenvalue weighted by atomic mass is 32.2. The average Bonchev–Trinajstić information content (AvgIpc) is 2.78. The van der Waals surface area contributed by atoms with Crippen LogP contribution in [0.5, 0.6) is 0 Å². The van der Waals surface area contributed by atoms with Crippen molar-refractivity contribution in [3.63, 3.8) is 0 Å². The molecule has 156 valence electrons. The number of benzene rings is 3. The molecule has 1 amide bonds. The summed E-state index contributed by atoms with van der Waals surface area (Å²) in [4.78, 5) is 12.7. The zero-order valence-electron chi connectivity index (χ0n) is 17.2. The zero-order valence-corrected chi connectivity index (χ0v) is 18.0. The molecule has 0 aliphatic carbocycles. The highest BCUT2D eigenvalue weighted by Crippen LogP contribution is 2.22. The molecule has 3 aromatic carbocycles. The van der Waals surface area contributed by atoms with Gasteiger partial charge in [-0.25, -0.2) is 8.42 Å². The van der Waals surface area contributed by atoms with Crippen LogP contribution in [0.3, 0.4) is 0 Å². The first-order valence-electron chi connectivity index (χ1n) is 9.86. The quantitative estimate of drug-likeness (QED) is 0.554. The largest absolute Gasteiger partial charge is 0.352 e. The molecule has 0 bridgehead atoms. The van der Waals surface area contributed by atoms with Crippen molar-refractivity contribution in [2.45, 2.75) is 24.7 Å². The van der Waals surface area contributed by atoms with Crippen LogP contribution in [-0.2, 0) is 16.4 Å². The number of amides is 1. The Hall–Kier alpha value is -3.12. The first-order valence-corrected chi connectivity index (χ1v) is 11.3. The molecule has 0 aliphatic heterocycles. The molecular formula is C24H26N2O3S. The summed E-state index contributed by atoms with van der Waals surface area (Å²) in [5.41, 5.74) is 3.33. The van der Waals surface area contributed by atoms with E-state index < -0.39 is 10.0 Å². The lowest BCUT2D eigenvalue weighted by Gasteiger charge is -2.20. The van der Waals surface area contributed by atoms with Gasteiger partial charge in [-0.15, -0.1) is 0 Å². The van der Waals surface area contributed by atoms with Gasteiger partial charge in [0.25, 0.3) is 15.9 Å². The molecular weight excluding hydrogens is 396 g/mol. The Balaban J connectivity index is 1.61. The van der Waals surface area contributed by atoms with E-state index in [0.29, 0.717) is 17.8 Å². The minimum absolute atomic E-state index is 0.207. The van der Waals surface area contributed by atoms with Gasteiger partial charge in [0.1, 0.15) is 0 Å². The van der Waals surface area contributed by atoms with Crippen molar-refractivity contribution in [1.82, 2.24) is 5.32 Å². The molecule has 0 fully saturated rings. The number of carbonyl (C=O) groups is 1. The topological polar surface area (TPSA) is 66.5 Å². The van der Waals surface area contributed by atoms with E-state index in [1.54, 1.807) is 54.6 Å². The van der Waals surface area contributed by atoms with E-state index in [2.05, 4.69) is 36.5 Å². The molecule has 0 saturated heterocycles. The molecule has 0 heterocycles. The first-order chi connectivity index (χ1) is 14.4. The second-order valence-corrected chi connectivity index (χ2v) is 9.15. The molecule has 0 saturated carbocycles. The third kappa shape index (κ3) is 5.27. The van der Waals surface area contributed by atoms with Crippen molar-refractivity contribution in [2.24, 2.45) is 0 Å². The van der Waals surface area contributed by atoms with Gasteiger partial charge in [0, 0.05) is 19.2 Å². The van der Waals surface area contributed by atoms with E-state index in [4.69, 9.17) is 0 Å². The summed E-state index contributed by atoms with van der Waals surface area (Å²) in [7, 11) is -2.20. The van der Waals surface area contributed by atoms with E-state index >= 15 is 0 Å². The molecule has 1 N–H and O–H groups in total. The van der Waals surface area contributed by atoms with Crippen LogP contribution in [0, 0.1) is 6.92 Å². The molecule has 0 aromatic heterocycles. The Morgan fingerprint density at radius 1 is 0.933 bits per heavy atom. The van der Waals surface area contributed by atoms with Crippen LogP contribution >= 0.6 is 0 Å². The third-order valence-corrected chi connectivity index (χ3v) is 6.72. The molecule has 3 rings (SSSR count). The predicted octanol–water partition coefficient (Wildman–Crippen LogP) is 4.18. The SMILES string of the molecule is Cc1ccc(CCCNC(=O)c2cccc(N(C)S(=O)(=O)c3ccccc3)c2)cc1. The maximum Gasteiger partial charge on any atom is 0.264 e. The fraction of sp³-hybridized carbons (Fsp3) is 0.208. The standard InChI is InChI=1S/C24H26N2O3S/c1-19-13-15-20(16-14-19)8-7-17-25-24(27)21-9-6-10-22(18-21)26(2)30(28,29)23-11-4-3-5-12-23/h3-6,9-16,18H,7-8,17H2,1-2H3,(H,25,27). The van der Waals surface area contributed by atoms with Gasteiger partial charge in [-0.3, -0.25) is 9.10 Å². The summed E-state index contributed by atoms with van der Waals surface area (Å²) in [6.45, 7) is 2.61. The van der Waals surface area contributed by atoms with Crippen LogP contribution in [0.4, 0.5) is 5.69 Å². The van der Waals surface area contributed by atoms with Crippen molar-refractivity contribution in [3.05, 3.63) is 95.6 Å². The number of hydrogen-bond donors (Lipinski definition) is 1. The molecule has 0 aliphatic rings. The zero-order chi connectivity index (χ0) is 21.6. The minimum atomic E-state index is -3.69. The van der Waals surface area contributed by atoms with E-state index in [1.165, 1.54) is 22.5 Å². The van der Waals surface area contributed by atoms with Crippen molar-refractivity contribution in [1.29, 1.82) is 0 Å². The summed E-state index contributed by atoms with van der Waals surface area (Å²) in [6, 6.07) is 23.2. The van der Waals surface area contributed by atoms with E-state index in [9.17, 15) is 13.2 Å². The van der Waals surface area contributed by atoms with Crippen LogP contribution in [0.1, 0.15) is 27.9 Å². The smallest absolute Gasteiger partial charge is 0.264 e. The highest BCUT2D eigenvalue weighted by molar-refractivity contribution is 7.92. The molecule has 0 atom stereocenters. The average molecular weight is 423 g/mol. The van der Waals surface area contributed by atoms with E-state index in [-0.39, 0.29) is 10.8 Å². The van der Waals surface area contributed by atoms with Gasteiger partial charge in [-0.05, 0) is 55.7 Å². The van der Waals surface area contributed by atoms with Gasteiger partial charge in [-0.2, -0.15) is 0 Å². The van der Waals surface area contributed by atoms with Crippen molar-refractivity contribution >= 4 is 21.6 Å². The lowest BCUT2D eigenvalue weighted by molar-refractivity contribution is 0.0953. The number of hydrogen-bond acceptors (Lipinski definition) is 3. The number of carbonyl (C=O) groups excluding carboxylic acids is 1. The molecule has 0 radical (unpaired) electrons. The van der Waals surface area contributed by atoms with Gasteiger partial charge in [0.05, 0.1) is 10.6 Å². The number of anilines is 1. The highest BCUT2D eigenvalue weighted by Gasteiger charge is 2.21. The van der Waals surface area contributed by atoms with Crippen molar-refractivity contribution in [2.75, 3.05) is 17.9 Å². The summed E-state index contributed by atoms with van der Waals surface area (Å²) in [5, 5.41) is 2.91. The Morgan fingerprint density at radius 3 is 2.33 bits per heavy atom. The number of aryl methyl sites for hydroxylation is 2. The van der Waals surface area contributed by atoms with Gasteiger partial charge in [0.2, 0.25) is 0 Å². The number of nitrogens with one attached hydrogen (secondary N) is 1. The van der Waals surface area contributed by atoms with Crippen LogP contribution in [0.2, 0.25) is 0 Å². The Bertz CT molecular complexity index is 1090. The van der Waals surface area contributed by atoms with Gasteiger partial charge in [0.15, 0.2) is 0 Å². The molecule has 0 spiro atoms. The monoisotopic (exact) mass is 422 g/mol. The summed E-state index contributed by atoms with van der Waals surface area (Å²) < 4.78 is 26.8. The van der Waals surface area contributed by atoms with Gasteiger partial charge in [-0.1, -0.05) is 54.1 Å². The van der Waals surface area contributed by atoms with E-state index in [0.717, 1.165) is 12.8 Å². The molecule has 5 nitrogen and oxygen atoms in total. The van der Waals surface area contributed by atoms with E-state index in [1.807, 2.05) is 0 Å². The molecule has 3 aromatic rings. The summed E-state index contributed by atoms with van der Waals surface area (Å²) in [6.07, 6.45) is 1.72. The molecule has 0 unspecified atom stereocenters.